The number of ether oxygens (including phenoxy) is 2. The number of para-hydroxylation sites is 1. The lowest BCUT2D eigenvalue weighted by Crippen LogP contribution is -2.13. The molecule has 0 aliphatic heterocycles. The van der Waals surface area contributed by atoms with Crippen molar-refractivity contribution < 1.29 is 18.8 Å². The first-order valence-electron chi connectivity index (χ1n) is 8.49. The van der Waals surface area contributed by atoms with Gasteiger partial charge in [-0.3, -0.25) is 0 Å². The summed E-state index contributed by atoms with van der Waals surface area (Å²) >= 11 is 0. The molecule has 136 valence electrons. The predicted molar refractivity (Wildman–Crippen MR) is 94.6 cm³/mol. The molecule has 3 rings (SSSR count). The minimum absolute atomic E-state index is 0.0752. The molecule has 0 fully saturated rings. The van der Waals surface area contributed by atoms with Gasteiger partial charge < -0.3 is 14.0 Å². The number of carbonyl (C=O) groups excluding carboxylic acids is 1. The molecule has 0 aliphatic rings. The molecule has 0 bridgehead atoms. The summed E-state index contributed by atoms with van der Waals surface area (Å²) in [5.41, 5.74) is 2.59. The number of esters is 1. The zero-order valence-corrected chi connectivity index (χ0v) is 15.1. The fourth-order valence-corrected chi connectivity index (χ4v) is 2.83. The molecule has 26 heavy (non-hydrogen) atoms. The number of benzene rings is 1. The first kappa shape index (κ1) is 18.0. The third kappa shape index (κ3) is 3.72. The van der Waals surface area contributed by atoms with Crippen molar-refractivity contribution in [1.29, 1.82) is 0 Å². The average Bonchev–Trinajstić information content (AvgIpc) is 3.08. The molecule has 7 heteroatoms. The van der Waals surface area contributed by atoms with Crippen LogP contribution in [0.5, 0.6) is 0 Å². The summed E-state index contributed by atoms with van der Waals surface area (Å²) in [6.45, 7) is 4.06. The van der Waals surface area contributed by atoms with E-state index in [0.29, 0.717) is 17.1 Å². The molecule has 0 saturated heterocycles. The van der Waals surface area contributed by atoms with E-state index in [1.54, 1.807) is 7.11 Å². The van der Waals surface area contributed by atoms with Crippen molar-refractivity contribution in [1.82, 2.24) is 15.1 Å². The smallest absolute Gasteiger partial charge is 0.340 e. The lowest BCUT2D eigenvalue weighted by Gasteiger charge is -2.13. The normalized spacial score (nSPS) is 11.0. The van der Waals surface area contributed by atoms with Gasteiger partial charge in [-0.25, -0.2) is 9.78 Å². The van der Waals surface area contributed by atoms with Crippen LogP contribution in [0.4, 0.5) is 0 Å². The molecule has 3 aromatic rings. The molecule has 1 aromatic carbocycles. The number of aryl methyl sites for hydroxylation is 2. The fourth-order valence-electron chi connectivity index (χ4n) is 2.83. The van der Waals surface area contributed by atoms with E-state index < -0.39 is 5.97 Å². The standard InChI is InChI=1S/C19H21N3O4/c1-4-7-16-21-17(26-22-16)11-25-19(23)18-12(2)13-8-5-6-9-14(13)20-15(18)10-24-3/h5-6,8-9H,4,7,10-11H2,1-3H3. The monoisotopic (exact) mass is 355 g/mol. The zero-order valence-electron chi connectivity index (χ0n) is 15.1. The number of pyridine rings is 1. The largest absolute Gasteiger partial charge is 0.452 e. The number of nitrogens with zero attached hydrogens (tertiary/aromatic N) is 3. The molecule has 0 atom stereocenters. The summed E-state index contributed by atoms with van der Waals surface area (Å²) in [5.74, 6) is 0.409. The van der Waals surface area contributed by atoms with Crippen LogP contribution in [0.2, 0.25) is 0 Å². The van der Waals surface area contributed by atoms with Gasteiger partial charge in [0.25, 0.3) is 5.89 Å². The van der Waals surface area contributed by atoms with Crippen LogP contribution in [0.15, 0.2) is 28.8 Å². The molecule has 2 aromatic heterocycles. The number of hydrogen-bond acceptors (Lipinski definition) is 7. The molecule has 0 radical (unpaired) electrons. The van der Waals surface area contributed by atoms with E-state index in [1.165, 1.54) is 0 Å². The van der Waals surface area contributed by atoms with Crippen molar-refractivity contribution in [2.45, 2.75) is 39.9 Å². The highest BCUT2D eigenvalue weighted by Crippen LogP contribution is 2.24. The second-order valence-corrected chi connectivity index (χ2v) is 5.94. The van der Waals surface area contributed by atoms with Gasteiger partial charge >= 0.3 is 5.97 Å². The first-order chi connectivity index (χ1) is 12.6. The van der Waals surface area contributed by atoms with Gasteiger partial charge in [-0.15, -0.1) is 0 Å². The molecule has 2 heterocycles. The summed E-state index contributed by atoms with van der Waals surface area (Å²) < 4.78 is 15.7. The quantitative estimate of drug-likeness (QED) is 0.600. The van der Waals surface area contributed by atoms with E-state index in [9.17, 15) is 4.79 Å². The van der Waals surface area contributed by atoms with Gasteiger partial charge in [0.1, 0.15) is 0 Å². The topological polar surface area (TPSA) is 87.3 Å². The van der Waals surface area contributed by atoms with Gasteiger partial charge in [0.05, 0.1) is 23.4 Å². The summed E-state index contributed by atoms with van der Waals surface area (Å²) in [7, 11) is 1.56. The minimum Gasteiger partial charge on any atom is -0.452 e. The highest BCUT2D eigenvalue weighted by molar-refractivity contribution is 5.98. The highest BCUT2D eigenvalue weighted by atomic mass is 16.6. The Kier molecular flexibility index (Phi) is 5.58. The number of rotatable bonds is 7. The SMILES string of the molecule is CCCc1noc(COC(=O)c2c(COC)nc3ccccc3c2C)n1. The third-order valence-electron chi connectivity index (χ3n) is 4.02. The predicted octanol–water partition coefficient (Wildman–Crippen LogP) is 3.38. The van der Waals surface area contributed by atoms with E-state index in [0.717, 1.165) is 29.3 Å². The Morgan fingerprint density at radius 2 is 2.00 bits per heavy atom. The van der Waals surface area contributed by atoms with E-state index in [1.807, 2.05) is 38.1 Å². The van der Waals surface area contributed by atoms with Crippen LogP contribution >= 0.6 is 0 Å². The number of aromatic nitrogens is 3. The van der Waals surface area contributed by atoms with E-state index >= 15 is 0 Å². The molecular formula is C19H21N3O4. The van der Waals surface area contributed by atoms with Gasteiger partial charge in [0.15, 0.2) is 12.4 Å². The molecule has 0 N–H and O–H groups in total. The van der Waals surface area contributed by atoms with Gasteiger partial charge in [-0.1, -0.05) is 30.3 Å². The zero-order chi connectivity index (χ0) is 18.5. The highest BCUT2D eigenvalue weighted by Gasteiger charge is 2.21. The van der Waals surface area contributed by atoms with Crippen LogP contribution in [0.3, 0.4) is 0 Å². The van der Waals surface area contributed by atoms with Gasteiger partial charge in [-0.05, 0) is 25.0 Å². The van der Waals surface area contributed by atoms with Gasteiger partial charge in [-0.2, -0.15) is 4.98 Å². The molecule has 0 aliphatic carbocycles. The lowest BCUT2D eigenvalue weighted by molar-refractivity contribution is 0.0423. The number of fused-ring (bicyclic) bond motifs is 1. The van der Waals surface area contributed by atoms with Crippen molar-refractivity contribution in [3.05, 3.63) is 52.8 Å². The molecule has 0 spiro atoms. The second-order valence-electron chi connectivity index (χ2n) is 5.94. The Balaban J connectivity index is 1.86. The Hall–Kier alpha value is -2.80. The Labute approximate surface area is 151 Å². The second kappa shape index (κ2) is 8.05. The van der Waals surface area contributed by atoms with Crippen molar-refractivity contribution in [3.63, 3.8) is 0 Å². The molecule has 0 saturated carbocycles. The van der Waals surface area contributed by atoms with Crippen LogP contribution in [0.1, 0.15) is 46.7 Å². The van der Waals surface area contributed by atoms with E-state index in [2.05, 4.69) is 15.1 Å². The first-order valence-corrected chi connectivity index (χ1v) is 8.49. The van der Waals surface area contributed by atoms with Crippen LogP contribution in [-0.4, -0.2) is 28.2 Å². The van der Waals surface area contributed by atoms with E-state index in [4.69, 9.17) is 14.0 Å². The maximum absolute atomic E-state index is 12.7. The molecule has 7 nitrogen and oxygen atoms in total. The van der Waals surface area contributed by atoms with Crippen LogP contribution in [-0.2, 0) is 29.1 Å². The van der Waals surface area contributed by atoms with Crippen molar-refractivity contribution in [2.24, 2.45) is 0 Å². The maximum Gasteiger partial charge on any atom is 0.340 e. The maximum atomic E-state index is 12.7. The number of methoxy groups -OCH3 is 1. The van der Waals surface area contributed by atoms with Gasteiger partial charge in [0.2, 0.25) is 0 Å². The summed E-state index contributed by atoms with van der Waals surface area (Å²) in [5, 5.41) is 4.76. The van der Waals surface area contributed by atoms with Crippen LogP contribution < -0.4 is 0 Å². The van der Waals surface area contributed by atoms with Crippen molar-refractivity contribution in [2.75, 3.05) is 7.11 Å². The Morgan fingerprint density at radius 1 is 1.19 bits per heavy atom. The molecule has 0 amide bonds. The minimum atomic E-state index is -0.483. The third-order valence-corrected chi connectivity index (χ3v) is 4.02. The molecule has 0 unspecified atom stereocenters. The summed E-state index contributed by atoms with van der Waals surface area (Å²) in [6.07, 6.45) is 1.64. The fraction of sp³-hybridized carbons (Fsp3) is 0.368. The Bertz CT molecular complexity index is 920. The Morgan fingerprint density at radius 3 is 2.77 bits per heavy atom. The molecular weight excluding hydrogens is 334 g/mol. The van der Waals surface area contributed by atoms with Crippen LogP contribution in [0.25, 0.3) is 10.9 Å². The number of hydrogen-bond donors (Lipinski definition) is 0. The van der Waals surface area contributed by atoms with E-state index in [-0.39, 0.29) is 19.1 Å². The average molecular weight is 355 g/mol. The number of carbonyl (C=O) groups is 1. The van der Waals surface area contributed by atoms with Crippen molar-refractivity contribution in [3.8, 4) is 0 Å². The summed E-state index contributed by atoms with van der Waals surface area (Å²) in [4.78, 5) is 21.5. The summed E-state index contributed by atoms with van der Waals surface area (Å²) in [6, 6.07) is 7.66. The van der Waals surface area contributed by atoms with Crippen molar-refractivity contribution >= 4 is 16.9 Å². The van der Waals surface area contributed by atoms with Crippen LogP contribution in [0, 0.1) is 6.92 Å². The van der Waals surface area contributed by atoms with Gasteiger partial charge in [0, 0.05) is 18.9 Å². The lowest BCUT2D eigenvalue weighted by atomic mass is 10.0.